The van der Waals surface area contributed by atoms with E-state index in [1.165, 1.54) is 0 Å². The number of hydrogen-bond acceptors (Lipinski definition) is 3. The average Bonchev–Trinajstić information content (AvgIpc) is 2.81. The molecule has 0 N–H and O–H groups in total. The van der Waals surface area contributed by atoms with E-state index in [9.17, 15) is 0 Å². The molecule has 1 aliphatic heterocycles. The van der Waals surface area contributed by atoms with E-state index in [0.717, 1.165) is 30.3 Å². The summed E-state index contributed by atoms with van der Waals surface area (Å²) in [6.45, 7) is 3.76. The summed E-state index contributed by atoms with van der Waals surface area (Å²) in [7, 11) is 0. The van der Waals surface area contributed by atoms with Crippen molar-refractivity contribution < 1.29 is 9.15 Å². The molecular weight excluding hydrogens is 214 g/mol. The second kappa shape index (κ2) is 4.17. The number of rotatable bonds is 2. The van der Waals surface area contributed by atoms with Crippen LogP contribution in [0.2, 0.25) is 0 Å². The zero-order valence-corrected chi connectivity index (χ0v) is 9.80. The van der Waals surface area contributed by atoms with Gasteiger partial charge in [0.15, 0.2) is 0 Å². The van der Waals surface area contributed by atoms with Gasteiger partial charge in [-0.2, -0.15) is 0 Å². The van der Waals surface area contributed by atoms with E-state index in [4.69, 9.17) is 9.15 Å². The second-order valence-electron chi connectivity index (χ2n) is 4.36. The van der Waals surface area contributed by atoms with Gasteiger partial charge in [0.2, 0.25) is 0 Å². The standard InChI is InChI=1S/C14H15NO2/c1-11-9-15(10-12-5-4-8-16-12)13-6-2-3-7-14(13)17-11/h2-8,11H,9-10H2,1H3. The molecule has 1 atom stereocenters. The van der Waals surface area contributed by atoms with Gasteiger partial charge in [0.05, 0.1) is 25.0 Å². The van der Waals surface area contributed by atoms with Crippen LogP contribution < -0.4 is 9.64 Å². The first-order chi connectivity index (χ1) is 8.33. The van der Waals surface area contributed by atoms with E-state index in [1.807, 2.05) is 30.3 Å². The summed E-state index contributed by atoms with van der Waals surface area (Å²) >= 11 is 0. The summed E-state index contributed by atoms with van der Waals surface area (Å²) in [6, 6.07) is 12.1. The third kappa shape index (κ3) is 2.00. The molecule has 0 saturated carbocycles. The Morgan fingerprint density at radius 1 is 1.24 bits per heavy atom. The van der Waals surface area contributed by atoms with Crippen molar-refractivity contribution in [2.45, 2.75) is 19.6 Å². The summed E-state index contributed by atoms with van der Waals surface area (Å²) in [5.41, 5.74) is 1.14. The Morgan fingerprint density at radius 2 is 2.12 bits per heavy atom. The normalized spacial score (nSPS) is 18.6. The van der Waals surface area contributed by atoms with Crippen molar-refractivity contribution in [1.29, 1.82) is 0 Å². The zero-order valence-electron chi connectivity index (χ0n) is 9.80. The van der Waals surface area contributed by atoms with Gasteiger partial charge in [-0.1, -0.05) is 12.1 Å². The van der Waals surface area contributed by atoms with Gasteiger partial charge in [0.1, 0.15) is 17.6 Å². The minimum atomic E-state index is 0.208. The molecule has 2 heterocycles. The number of furan rings is 1. The Bertz CT molecular complexity index is 493. The number of hydrogen-bond donors (Lipinski definition) is 0. The fourth-order valence-electron chi connectivity index (χ4n) is 2.22. The molecule has 0 aliphatic carbocycles. The fourth-order valence-corrected chi connectivity index (χ4v) is 2.22. The van der Waals surface area contributed by atoms with Crippen molar-refractivity contribution >= 4 is 5.69 Å². The molecule has 1 unspecified atom stereocenters. The minimum absolute atomic E-state index is 0.208. The Morgan fingerprint density at radius 3 is 2.94 bits per heavy atom. The molecule has 0 fully saturated rings. The number of benzene rings is 1. The molecule has 0 bridgehead atoms. The Labute approximate surface area is 101 Å². The number of ether oxygens (including phenoxy) is 1. The van der Waals surface area contributed by atoms with Crippen LogP contribution in [0.1, 0.15) is 12.7 Å². The molecule has 0 saturated heterocycles. The minimum Gasteiger partial charge on any atom is -0.487 e. The van der Waals surface area contributed by atoms with E-state index in [2.05, 4.69) is 17.9 Å². The van der Waals surface area contributed by atoms with Crippen LogP contribution in [0.3, 0.4) is 0 Å². The van der Waals surface area contributed by atoms with Crippen molar-refractivity contribution in [3.8, 4) is 5.75 Å². The van der Waals surface area contributed by atoms with Crippen LogP contribution in [0, 0.1) is 0 Å². The first-order valence-corrected chi connectivity index (χ1v) is 5.86. The Hall–Kier alpha value is -1.90. The van der Waals surface area contributed by atoms with Crippen molar-refractivity contribution in [2.75, 3.05) is 11.4 Å². The van der Waals surface area contributed by atoms with Gasteiger partial charge in [0, 0.05) is 0 Å². The lowest BCUT2D eigenvalue weighted by atomic mass is 10.2. The molecule has 1 aromatic heterocycles. The average molecular weight is 229 g/mol. The zero-order chi connectivity index (χ0) is 11.7. The van der Waals surface area contributed by atoms with Crippen molar-refractivity contribution in [2.24, 2.45) is 0 Å². The maximum atomic E-state index is 5.81. The van der Waals surface area contributed by atoms with Crippen LogP contribution in [-0.4, -0.2) is 12.6 Å². The summed E-state index contributed by atoms with van der Waals surface area (Å²) in [5.74, 6) is 1.94. The first-order valence-electron chi connectivity index (χ1n) is 5.86. The van der Waals surface area contributed by atoms with E-state index in [-0.39, 0.29) is 6.10 Å². The Kier molecular flexibility index (Phi) is 2.52. The number of fused-ring (bicyclic) bond motifs is 1. The van der Waals surface area contributed by atoms with E-state index >= 15 is 0 Å². The smallest absolute Gasteiger partial charge is 0.143 e. The number of nitrogens with zero attached hydrogens (tertiary/aromatic N) is 1. The van der Waals surface area contributed by atoms with Crippen LogP contribution in [-0.2, 0) is 6.54 Å². The molecule has 3 rings (SSSR count). The van der Waals surface area contributed by atoms with Gasteiger partial charge in [-0.3, -0.25) is 0 Å². The second-order valence-corrected chi connectivity index (χ2v) is 4.36. The SMILES string of the molecule is CC1CN(Cc2ccco2)c2ccccc2O1. The molecule has 1 aromatic carbocycles. The van der Waals surface area contributed by atoms with Crippen LogP contribution >= 0.6 is 0 Å². The van der Waals surface area contributed by atoms with E-state index in [1.54, 1.807) is 6.26 Å². The highest BCUT2D eigenvalue weighted by Gasteiger charge is 2.22. The van der Waals surface area contributed by atoms with Gasteiger partial charge in [0.25, 0.3) is 0 Å². The molecule has 0 amide bonds. The van der Waals surface area contributed by atoms with Gasteiger partial charge in [-0.05, 0) is 31.2 Å². The predicted octanol–water partition coefficient (Wildman–Crippen LogP) is 3.07. The number of anilines is 1. The summed E-state index contributed by atoms with van der Waals surface area (Å²) in [4.78, 5) is 2.29. The highest BCUT2D eigenvalue weighted by Crippen LogP contribution is 2.33. The lowest BCUT2D eigenvalue weighted by molar-refractivity contribution is 0.211. The number of para-hydroxylation sites is 2. The molecule has 0 spiro atoms. The van der Waals surface area contributed by atoms with Gasteiger partial charge in [-0.15, -0.1) is 0 Å². The molecule has 0 radical (unpaired) electrons. The third-order valence-corrected chi connectivity index (χ3v) is 2.94. The van der Waals surface area contributed by atoms with E-state index in [0.29, 0.717) is 0 Å². The first kappa shape index (κ1) is 10.3. The molecular formula is C14H15NO2. The maximum absolute atomic E-state index is 5.81. The Balaban J connectivity index is 1.90. The molecule has 2 aromatic rings. The lowest BCUT2D eigenvalue weighted by Crippen LogP contribution is -2.37. The molecule has 88 valence electrons. The predicted molar refractivity (Wildman–Crippen MR) is 66.3 cm³/mol. The topological polar surface area (TPSA) is 25.6 Å². The van der Waals surface area contributed by atoms with Crippen molar-refractivity contribution in [1.82, 2.24) is 0 Å². The highest BCUT2D eigenvalue weighted by atomic mass is 16.5. The molecule has 3 nitrogen and oxygen atoms in total. The summed E-state index contributed by atoms with van der Waals surface area (Å²) < 4.78 is 11.2. The fraction of sp³-hybridized carbons (Fsp3) is 0.286. The van der Waals surface area contributed by atoms with Crippen LogP contribution in [0.25, 0.3) is 0 Å². The van der Waals surface area contributed by atoms with Crippen LogP contribution in [0.4, 0.5) is 5.69 Å². The summed E-state index contributed by atoms with van der Waals surface area (Å²) in [6.07, 6.45) is 1.92. The maximum Gasteiger partial charge on any atom is 0.143 e. The van der Waals surface area contributed by atoms with Crippen LogP contribution in [0.5, 0.6) is 5.75 Å². The molecule has 1 aliphatic rings. The highest BCUT2D eigenvalue weighted by molar-refractivity contribution is 5.60. The lowest BCUT2D eigenvalue weighted by Gasteiger charge is -2.34. The largest absolute Gasteiger partial charge is 0.487 e. The molecule has 17 heavy (non-hydrogen) atoms. The van der Waals surface area contributed by atoms with Gasteiger partial charge >= 0.3 is 0 Å². The molecule has 3 heteroatoms. The van der Waals surface area contributed by atoms with Crippen molar-refractivity contribution in [3.63, 3.8) is 0 Å². The van der Waals surface area contributed by atoms with Gasteiger partial charge < -0.3 is 14.1 Å². The monoisotopic (exact) mass is 229 g/mol. The third-order valence-electron chi connectivity index (χ3n) is 2.94. The van der Waals surface area contributed by atoms with Crippen molar-refractivity contribution in [3.05, 3.63) is 48.4 Å². The van der Waals surface area contributed by atoms with E-state index < -0.39 is 0 Å². The van der Waals surface area contributed by atoms with Crippen LogP contribution in [0.15, 0.2) is 47.1 Å². The quantitative estimate of drug-likeness (QED) is 0.791. The summed E-state index contributed by atoms with van der Waals surface area (Å²) in [5, 5.41) is 0. The van der Waals surface area contributed by atoms with Gasteiger partial charge in [-0.25, -0.2) is 0 Å².